The summed E-state index contributed by atoms with van der Waals surface area (Å²) >= 11 is 1.92. The first-order chi connectivity index (χ1) is 6.16. The molecule has 1 unspecified atom stereocenters. The maximum absolute atomic E-state index is 3.53. The van der Waals surface area contributed by atoms with Gasteiger partial charge < -0.3 is 10.2 Å². The van der Waals surface area contributed by atoms with Crippen LogP contribution in [0.15, 0.2) is 0 Å². The number of nitrogens with zero attached hydrogens (tertiary/aromatic N) is 1. The summed E-state index contributed by atoms with van der Waals surface area (Å²) in [5.41, 5.74) is 0. The molecule has 0 aliphatic carbocycles. The normalized spacial score (nSPS) is 13.6. The summed E-state index contributed by atoms with van der Waals surface area (Å²) in [6.45, 7) is 4.61. The minimum atomic E-state index is 0.657. The first-order valence-electron chi connectivity index (χ1n) is 5.04. The maximum atomic E-state index is 3.53. The van der Waals surface area contributed by atoms with Crippen molar-refractivity contribution < 1.29 is 0 Å². The van der Waals surface area contributed by atoms with E-state index in [-0.39, 0.29) is 0 Å². The molecule has 0 heterocycles. The Morgan fingerprint density at radius 2 is 2.08 bits per heavy atom. The summed E-state index contributed by atoms with van der Waals surface area (Å²) < 4.78 is 0. The second-order valence-electron chi connectivity index (χ2n) is 3.79. The zero-order chi connectivity index (χ0) is 10.1. The largest absolute Gasteiger partial charge is 0.314 e. The first-order valence-corrected chi connectivity index (χ1v) is 6.43. The van der Waals surface area contributed by atoms with Crippen LogP contribution in [0.3, 0.4) is 0 Å². The molecule has 0 saturated carbocycles. The van der Waals surface area contributed by atoms with Crippen LogP contribution in [0.25, 0.3) is 0 Å². The van der Waals surface area contributed by atoms with Crippen molar-refractivity contribution >= 4 is 11.8 Å². The third kappa shape index (κ3) is 10.2. The summed E-state index contributed by atoms with van der Waals surface area (Å²) in [4.78, 5) is 2.24. The van der Waals surface area contributed by atoms with Gasteiger partial charge in [0.05, 0.1) is 0 Å². The van der Waals surface area contributed by atoms with Crippen LogP contribution in [0.1, 0.15) is 19.8 Å². The SMILES string of the molecule is CSCCCNC(C)CCN(C)C. The van der Waals surface area contributed by atoms with Crippen molar-refractivity contribution in [2.75, 3.05) is 39.2 Å². The fraction of sp³-hybridized carbons (Fsp3) is 1.00. The van der Waals surface area contributed by atoms with Gasteiger partial charge in [0.1, 0.15) is 0 Å². The van der Waals surface area contributed by atoms with Crippen molar-refractivity contribution in [2.45, 2.75) is 25.8 Å². The molecule has 0 radical (unpaired) electrons. The predicted molar refractivity (Wildman–Crippen MR) is 63.6 cm³/mol. The van der Waals surface area contributed by atoms with Gasteiger partial charge in [-0.2, -0.15) is 11.8 Å². The van der Waals surface area contributed by atoms with Gasteiger partial charge in [-0.1, -0.05) is 0 Å². The molecule has 1 N–H and O–H groups in total. The van der Waals surface area contributed by atoms with Crippen LogP contribution in [-0.2, 0) is 0 Å². The Balaban J connectivity index is 3.15. The maximum Gasteiger partial charge on any atom is 0.00509 e. The predicted octanol–water partition coefficient (Wildman–Crippen LogP) is 1.67. The lowest BCUT2D eigenvalue weighted by molar-refractivity contribution is 0.366. The van der Waals surface area contributed by atoms with E-state index in [0.717, 1.165) is 6.54 Å². The van der Waals surface area contributed by atoms with Crippen molar-refractivity contribution in [3.8, 4) is 0 Å². The van der Waals surface area contributed by atoms with Gasteiger partial charge in [0.25, 0.3) is 0 Å². The fourth-order valence-electron chi connectivity index (χ4n) is 1.12. The summed E-state index contributed by atoms with van der Waals surface area (Å²) in [7, 11) is 4.25. The van der Waals surface area contributed by atoms with Gasteiger partial charge in [-0.05, 0) is 59.0 Å². The molecule has 0 amide bonds. The monoisotopic (exact) mass is 204 g/mol. The smallest absolute Gasteiger partial charge is 0.00509 e. The molecule has 0 bridgehead atoms. The van der Waals surface area contributed by atoms with Crippen LogP contribution in [0.5, 0.6) is 0 Å². The standard InChI is InChI=1S/C10H24N2S/c1-10(6-8-12(2)3)11-7-5-9-13-4/h10-11H,5-9H2,1-4H3. The molecule has 80 valence electrons. The van der Waals surface area contributed by atoms with E-state index in [1.54, 1.807) is 0 Å². The molecule has 2 nitrogen and oxygen atoms in total. The topological polar surface area (TPSA) is 15.3 Å². The van der Waals surface area contributed by atoms with E-state index in [1.807, 2.05) is 11.8 Å². The van der Waals surface area contributed by atoms with Gasteiger partial charge in [-0.25, -0.2) is 0 Å². The Hall–Kier alpha value is 0.270. The first kappa shape index (κ1) is 13.3. The molecular formula is C10H24N2S. The average molecular weight is 204 g/mol. The Morgan fingerprint density at radius 3 is 2.62 bits per heavy atom. The second-order valence-corrected chi connectivity index (χ2v) is 4.78. The highest BCUT2D eigenvalue weighted by Gasteiger charge is 2.00. The van der Waals surface area contributed by atoms with E-state index in [4.69, 9.17) is 0 Å². The van der Waals surface area contributed by atoms with E-state index in [1.165, 1.54) is 25.1 Å². The molecule has 0 fully saturated rings. The molecule has 13 heavy (non-hydrogen) atoms. The summed E-state index contributed by atoms with van der Waals surface area (Å²) in [6.07, 6.45) is 4.69. The highest BCUT2D eigenvalue weighted by atomic mass is 32.2. The quantitative estimate of drug-likeness (QED) is 0.606. The molecule has 0 aromatic rings. The third-order valence-electron chi connectivity index (χ3n) is 2.03. The van der Waals surface area contributed by atoms with E-state index in [2.05, 4.69) is 37.5 Å². The van der Waals surface area contributed by atoms with Crippen LogP contribution in [0.4, 0.5) is 0 Å². The van der Waals surface area contributed by atoms with Gasteiger partial charge in [0.15, 0.2) is 0 Å². The Kier molecular flexibility index (Phi) is 9.03. The Morgan fingerprint density at radius 1 is 1.38 bits per heavy atom. The highest BCUT2D eigenvalue weighted by molar-refractivity contribution is 7.98. The van der Waals surface area contributed by atoms with Crippen molar-refractivity contribution in [3.05, 3.63) is 0 Å². The van der Waals surface area contributed by atoms with Gasteiger partial charge in [-0.15, -0.1) is 0 Å². The van der Waals surface area contributed by atoms with Crippen LogP contribution in [0.2, 0.25) is 0 Å². The number of rotatable bonds is 8. The van der Waals surface area contributed by atoms with E-state index >= 15 is 0 Å². The van der Waals surface area contributed by atoms with Gasteiger partial charge in [0, 0.05) is 6.04 Å². The number of hydrogen-bond acceptors (Lipinski definition) is 3. The molecule has 0 saturated heterocycles. The van der Waals surface area contributed by atoms with E-state index in [0.29, 0.717) is 6.04 Å². The minimum Gasteiger partial charge on any atom is -0.314 e. The average Bonchev–Trinajstić information content (AvgIpc) is 2.09. The van der Waals surface area contributed by atoms with Gasteiger partial charge in [0.2, 0.25) is 0 Å². The molecule has 0 aromatic carbocycles. The number of hydrogen-bond donors (Lipinski definition) is 1. The molecule has 0 spiro atoms. The van der Waals surface area contributed by atoms with E-state index in [9.17, 15) is 0 Å². The lowest BCUT2D eigenvalue weighted by atomic mass is 10.2. The van der Waals surface area contributed by atoms with Gasteiger partial charge in [-0.3, -0.25) is 0 Å². The summed E-state index contributed by atoms with van der Waals surface area (Å²) in [5.74, 6) is 1.27. The molecule has 3 heteroatoms. The minimum absolute atomic E-state index is 0.657. The number of nitrogens with one attached hydrogen (secondary N) is 1. The Bertz CT molecular complexity index is 107. The van der Waals surface area contributed by atoms with E-state index < -0.39 is 0 Å². The highest BCUT2D eigenvalue weighted by Crippen LogP contribution is 1.96. The molecule has 1 atom stereocenters. The van der Waals surface area contributed by atoms with Crippen molar-refractivity contribution in [3.63, 3.8) is 0 Å². The number of thioether (sulfide) groups is 1. The Labute approximate surface area is 87.5 Å². The van der Waals surface area contributed by atoms with Crippen molar-refractivity contribution in [1.29, 1.82) is 0 Å². The van der Waals surface area contributed by atoms with Crippen molar-refractivity contribution in [1.82, 2.24) is 10.2 Å². The summed E-state index contributed by atoms with van der Waals surface area (Å²) in [5, 5.41) is 3.53. The van der Waals surface area contributed by atoms with Crippen LogP contribution in [0, 0.1) is 0 Å². The van der Waals surface area contributed by atoms with Gasteiger partial charge >= 0.3 is 0 Å². The molecule has 0 aromatic heterocycles. The lowest BCUT2D eigenvalue weighted by Gasteiger charge is -2.16. The molecule has 0 aliphatic rings. The fourth-order valence-corrected chi connectivity index (χ4v) is 1.55. The molecular weight excluding hydrogens is 180 g/mol. The molecule has 0 aliphatic heterocycles. The summed E-state index contributed by atoms with van der Waals surface area (Å²) in [6, 6.07) is 0.657. The zero-order valence-corrected chi connectivity index (χ0v) is 10.3. The van der Waals surface area contributed by atoms with Crippen LogP contribution < -0.4 is 5.32 Å². The lowest BCUT2D eigenvalue weighted by Crippen LogP contribution is -2.30. The second kappa shape index (κ2) is 8.85. The zero-order valence-electron chi connectivity index (χ0n) is 9.47. The van der Waals surface area contributed by atoms with Crippen molar-refractivity contribution in [2.24, 2.45) is 0 Å². The molecule has 0 rings (SSSR count). The van der Waals surface area contributed by atoms with Crippen LogP contribution >= 0.6 is 11.8 Å². The van der Waals surface area contributed by atoms with Crippen LogP contribution in [-0.4, -0.2) is 50.1 Å². The third-order valence-corrected chi connectivity index (χ3v) is 2.72.